The van der Waals surface area contributed by atoms with Crippen molar-refractivity contribution in [3.63, 3.8) is 0 Å². The van der Waals surface area contributed by atoms with Crippen molar-refractivity contribution >= 4 is 22.6 Å². The van der Waals surface area contributed by atoms with E-state index in [4.69, 9.17) is 9.47 Å². The van der Waals surface area contributed by atoms with Crippen LogP contribution in [-0.4, -0.2) is 13.7 Å². The normalized spacial score (nSPS) is 9.85. The van der Waals surface area contributed by atoms with Crippen LogP contribution in [0.3, 0.4) is 0 Å². The second-order valence-corrected chi connectivity index (χ2v) is 3.40. The number of hydrogen-bond donors (Lipinski definition) is 0. The van der Waals surface area contributed by atoms with Crippen molar-refractivity contribution in [2.45, 2.75) is 6.92 Å². The van der Waals surface area contributed by atoms with Crippen molar-refractivity contribution in [1.29, 1.82) is 0 Å². The summed E-state index contributed by atoms with van der Waals surface area (Å²) in [6.07, 6.45) is 0. The number of hydrogen-bond acceptors (Lipinski definition) is 2. The van der Waals surface area contributed by atoms with Gasteiger partial charge in [0.2, 0.25) is 0 Å². The minimum Gasteiger partial charge on any atom is -0.492 e. The quantitative estimate of drug-likeness (QED) is 0.799. The van der Waals surface area contributed by atoms with Crippen molar-refractivity contribution in [2.75, 3.05) is 13.7 Å². The Labute approximate surface area is 90.2 Å². The van der Waals surface area contributed by atoms with Crippen molar-refractivity contribution in [3.8, 4) is 11.5 Å². The molecule has 13 heavy (non-hydrogen) atoms. The SMILES string of the molecule is CCOc1ccc(F)c(I)c1OC. The fourth-order valence-electron chi connectivity index (χ4n) is 0.974. The monoisotopic (exact) mass is 296 g/mol. The Morgan fingerprint density at radius 2 is 2.15 bits per heavy atom. The van der Waals surface area contributed by atoms with E-state index in [0.29, 0.717) is 21.7 Å². The Morgan fingerprint density at radius 1 is 1.46 bits per heavy atom. The molecule has 0 amide bonds. The molecule has 0 saturated heterocycles. The van der Waals surface area contributed by atoms with Crippen LogP contribution in [0.25, 0.3) is 0 Å². The standard InChI is InChI=1S/C9H10FIO2/c1-3-13-7-5-4-6(10)8(11)9(7)12-2/h4-5H,3H2,1-2H3. The zero-order valence-electron chi connectivity index (χ0n) is 7.43. The Balaban J connectivity index is 3.13. The first-order valence-corrected chi connectivity index (χ1v) is 4.93. The van der Waals surface area contributed by atoms with Crippen LogP contribution >= 0.6 is 22.6 Å². The summed E-state index contributed by atoms with van der Waals surface area (Å²) in [7, 11) is 1.50. The molecule has 0 aliphatic rings. The van der Waals surface area contributed by atoms with Gasteiger partial charge < -0.3 is 9.47 Å². The van der Waals surface area contributed by atoms with Gasteiger partial charge in [0, 0.05) is 0 Å². The lowest BCUT2D eigenvalue weighted by Gasteiger charge is -2.10. The smallest absolute Gasteiger partial charge is 0.177 e. The van der Waals surface area contributed by atoms with Gasteiger partial charge in [0.25, 0.3) is 0 Å². The molecule has 0 fully saturated rings. The molecule has 1 rings (SSSR count). The van der Waals surface area contributed by atoms with Crippen LogP contribution in [0.1, 0.15) is 6.92 Å². The van der Waals surface area contributed by atoms with Gasteiger partial charge in [-0.3, -0.25) is 0 Å². The van der Waals surface area contributed by atoms with Crippen molar-refractivity contribution in [3.05, 3.63) is 21.5 Å². The van der Waals surface area contributed by atoms with Gasteiger partial charge in [-0.05, 0) is 41.6 Å². The second-order valence-electron chi connectivity index (χ2n) is 2.33. The average molecular weight is 296 g/mol. The van der Waals surface area contributed by atoms with Crippen LogP contribution in [0, 0.1) is 9.39 Å². The average Bonchev–Trinajstić information content (AvgIpc) is 2.12. The molecule has 0 aromatic heterocycles. The van der Waals surface area contributed by atoms with Gasteiger partial charge in [0.1, 0.15) is 5.82 Å². The lowest BCUT2D eigenvalue weighted by atomic mass is 10.3. The predicted octanol–water partition coefficient (Wildman–Crippen LogP) is 2.84. The largest absolute Gasteiger partial charge is 0.492 e. The summed E-state index contributed by atoms with van der Waals surface area (Å²) in [6, 6.07) is 2.94. The number of methoxy groups -OCH3 is 1. The minimum absolute atomic E-state index is 0.291. The molecule has 0 aliphatic heterocycles. The van der Waals surface area contributed by atoms with Crippen LogP contribution in [0.2, 0.25) is 0 Å². The van der Waals surface area contributed by atoms with Crippen LogP contribution in [-0.2, 0) is 0 Å². The molecule has 0 bridgehead atoms. The molecular weight excluding hydrogens is 286 g/mol. The third-order valence-corrected chi connectivity index (χ3v) is 2.52. The maximum atomic E-state index is 13.0. The lowest BCUT2D eigenvalue weighted by Crippen LogP contribution is -1.98. The molecule has 0 saturated carbocycles. The summed E-state index contributed by atoms with van der Waals surface area (Å²) >= 11 is 1.89. The van der Waals surface area contributed by atoms with E-state index in [1.54, 1.807) is 6.07 Å². The fourth-order valence-corrected chi connectivity index (χ4v) is 1.64. The first kappa shape index (κ1) is 10.6. The summed E-state index contributed by atoms with van der Waals surface area (Å²) in [5, 5.41) is 0. The summed E-state index contributed by atoms with van der Waals surface area (Å²) in [5.41, 5.74) is 0. The van der Waals surface area contributed by atoms with Crippen LogP contribution < -0.4 is 9.47 Å². The molecule has 0 aliphatic carbocycles. The van der Waals surface area contributed by atoms with Crippen molar-refractivity contribution in [2.24, 2.45) is 0 Å². The van der Waals surface area contributed by atoms with E-state index in [9.17, 15) is 4.39 Å². The Bertz CT molecular complexity index is 302. The predicted molar refractivity (Wildman–Crippen MR) is 56.8 cm³/mol. The van der Waals surface area contributed by atoms with Crippen LogP contribution in [0.5, 0.6) is 11.5 Å². The van der Waals surface area contributed by atoms with E-state index < -0.39 is 0 Å². The highest BCUT2D eigenvalue weighted by atomic mass is 127. The number of ether oxygens (including phenoxy) is 2. The van der Waals surface area contributed by atoms with Crippen LogP contribution in [0.4, 0.5) is 4.39 Å². The molecule has 72 valence electrons. The van der Waals surface area contributed by atoms with Crippen molar-refractivity contribution in [1.82, 2.24) is 0 Å². The molecule has 0 atom stereocenters. The van der Waals surface area contributed by atoms with Gasteiger partial charge in [-0.1, -0.05) is 0 Å². The third kappa shape index (κ3) is 2.24. The highest BCUT2D eigenvalue weighted by molar-refractivity contribution is 14.1. The number of rotatable bonds is 3. The molecule has 0 spiro atoms. The molecule has 1 aromatic rings. The van der Waals surface area contributed by atoms with E-state index in [1.807, 2.05) is 29.5 Å². The van der Waals surface area contributed by atoms with Crippen LogP contribution in [0.15, 0.2) is 12.1 Å². The Hall–Kier alpha value is -0.520. The first-order chi connectivity index (χ1) is 6.20. The molecule has 2 nitrogen and oxygen atoms in total. The zero-order chi connectivity index (χ0) is 9.84. The molecule has 1 aromatic carbocycles. The van der Waals surface area contributed by atoms with Gasteiger partial charge in [-0.2, -0.15) is 0 Å². The van der Waals surface area contributed by atoms with Gasteiger partial charge in [0.05, 0.1) is 17.3 Å². The molecule has 0 N–H and O–H groups in total. The summed E-state index contributed by atoms with van der Waals surface area (Å²) in [6.45, 7) is 2.41. The summed E-state index contributed by atoms with van der Waals surface area (Å²) < 4.78 is 23.8. The van der Waals surface area contributed by atoms with Gasteiger partial charge in [0.15, 0.2) is 11.5 Å². The highest BCUT2D eigenvalue weighted by Gasteiger charge is 2.12. The Morgan fingerprint density at radius 3 is 2.69 bits per heavy atom. The van der Waals surface area contributed by atoms with Gasteiger partial charge in [-0.25, -0.2) is 4.39 Å². The lowest BCUT2D eigenvalue weighted by molar-refractivity contribution is 0.308. The van der Waals surface area contributed by atoms with E-state index >= 15 is 0 Å². The van der Waals surface area contributed by atoms with E-state index in [2.05, 4.69) is 0 Å². The Kier molecular flexibility index (Phi) is 3.77. The fraction of sp³-hybridized carbons (Fsp3) is 0.333. The van der Waals surface area contributed by atoms with E-state index in [1.165, 1.54) is 13.2 Å². The molecule has 0 unspecified atom stereocenters. The molecule has 0 heterocycles. The maximum Gasteiger partial charge on any atom is 0.177 e. The highest BCUT2D eigenvalue weighted by Crippen LogP contribution is 2.33. The molecular formula is C9H10FIO2. The second kappa shape index (κ2) is 4.64. The zero-order valence-corrected chi connectivity index (χ0v) is 9.59. The third-order valence-electron chi connectivity index (χ3n) is 1.52. The van der Waals surface area contributed by atoms with Gasteiger partial charge >= 0.3 is 0 Å². The topological polar surface area (TPSA) is 18.5 Å². The van der Waals surface area contributed by atoms with Crippen molar-refractivity contribution < 1.29 is 13.9 Å². The number of halogens is 2. The summed E-state index contributed by atoms with van der Waals surface area (Å²) in [5.74, 6) is 0.749. The molecule has 4 heteroatoms. The minimum atomic E-state index is -0.291. The van der Waals surface area contributed by atoms with Gasteiger partial charge in [-0.15, -0.1) is 0 Å². The van der Waals surface area contributed by atoms with E-state index in [0.717, 1.165) is 0 Å². The van der Waals surface area contributed by atoms with E-state index in [-0.39, 0.29) is 5.82 Å². The summed E-state index contributed by atoms with van der Waals surface area (Å²) in [4.78, 5) is 0. The molecule has 0 radical (unpaired) electrons. The number of benzene rings is 1. The maximum absolute atomic E-state index is 13.0. The first-order valence-electron chi connectivity index (χ1n) is 3.85.